The molecule has 1 saturated heterocycles. The molecule has 2 aliphatic carbocycles. The van der Waals surface area contributed by atoms with Gasteiger partial charge in [0, 0.05) is 18.6 Å². The molecular weight excluding hydrogens is 286 g/mol. The number of nitrogens with zero attached hydrogens (tertiary/aromatic N) is 1. The number of hydrogen-bond acceptors (Lipinski definition) is 3. The highest BCUT2D eigenvalue weighted by atomic mass is 16.2. The molecule has 23 heavy (non-hydrogen) atoms. The predicted molar refractivity (Wildman–Crippen MR) is 94.0 cm³/mol. The third-order valence-corrected chi connectivity index (χ3v) is 5.61. The van der Waals surface area contributed by atoms with E-state index in [4.69, 9.17) is 5.73 Å². The summed E-state index contributed by atoms with van der Waals surface area (Å²) in [5, 5.41) is 3.38. The van der Waals surface area contributed by atoms with Gasteiger partial charge in [-0.25, -0.2) is 0 Å². The fraction of sp³-hybridized carbons (Fsp3) is 0.737. The number of carbonyl (C=O) groups is 1. The van der Waals surface area contributed by atoms with Crippen molar-refractivity contribution in [1.29, 1.82) is 0 Å². The first-order valence-corrected chi connectivity index (χ1v) is 9.26. The minimum Gasteiger partial charge on any atom is -0.334 e. The van der Waals surface area contributed by atoms with E-state index >= 15 is 0 Å². The van der Waals surface area contributed by atoms with Crippen LogP contribution in [0, 0.1) is 0 Å². The maximum absolute atomic E-state index is 13.1. The Hall–Kier alpha value is -1.13. The van der Waals surface area contributed by atoms with E-state index in [1.54, 1.807) is 0 Å². The molecule has 0 aromatic heterocycles. The number of carbonyl (C=O) groups excluding carboxylic acids is 1. The molecule has 0 aromatic carbocycles. The number of amides is 1. The molecule has 0 spiro atoms. The van der Waals surface area contributed by atoms with Gasteiger partial charge in [0.05, 0.1) is 6.04 Å². The minimum absolute atomic E-state index is 0.0356. The predicted octanol–water partition coefficient (Wildman–Crippen LogP) is 2.50. The lowest BCUT2D eigenvalue weighted by Crippen LogP contribution is -2.49. The van der Waals surface area contributed by atoms with Crippen LogP contribution < -0.4 is 11.1 Å². The second-order valence-corrected chi connectivity index (χ2v) is 7.49. The Morgan fingerprint density at radius 1 is 1.26 bits per heavy atom. The van der Waals surface area contributed by atoms with E-state index in [1.165, 1.54) is 11.1 Å². The maximum Gasteiger partial charge on any atom is 0.240 e. The van der Waals surface area contributed by atoms with Gasteiger partial charge in [0.15, 0.2) is 0 Å². The molecule has 1 aliphatic heterocycles. The second kappa shape index (κ2) is 7.63. The van der Waals surface area contributed by atoms with Crippen molar-refractivity contribution in [2.75, 3.05) is 13.1 Å². The van der Waals surface area contributed by atoms with Crippen LogP contribution >= 0.6 is 0 Å². The average molecular weight is 317 g/mol. The van der Waals surface area contributed by atoms with Crippen LogP contribution in [-0.2, 0) is 4.79 Å². The minimum atomic E-state index is 0.0356. The van der Waals surface area contributed by atoms with E-state index in [0.29, 0.717) is 18.0 Å². The Kier molecular flexibility index (Phi) is 5.54. The van der Waals surface area contributed by atoms with Crippen LogP contribution in [0.15, 0.2) is 23.3 Å². The largest absolute Gasteiger partial charge is 0.334 e. The average Bonchev–Trinajstić information content (AvgIpc) is 3.09. The molecule has 3 rings (SSSR count). The van der Waals surface area contributed by atoms with Crippen LogP contribution in [0.3, 0.4) is 0 Å². The van der Waals surface area contributed by atoms with Crippen LogP contribution in [0.2, 0.25) is 0 Å². The molecule has 128 valence electrons. The number of allylic oxidation sites excluding steroid dienone is 1. The first-order valence-electron chi connectivity index (χ1n) is 9.26. The molecular formula is C19H31N3O. The first kappa shape index (κ1) is 16.7. The number of hydrogen-bond donors (Lipinski definition) is 2. The van der Waals surface area contributed by atoms with Gasteiger partial charge in [0.2, 0.25) is 5.91 Å². The number of rotatable bonds is 4. The summed E-state index contributed by atoms with van der Waals surface area (Å²) < 4.78 is 0. The lowest BCUT2D eigenvalue weighted by Gasteiger charge is -2.36. The van der Waals surface area contributed by atoms with Gasteiger partial charge in [-0.15, -0.1) is 0 Å². The van der Waals surface area contributed by atoms with Crippen LogP contribution in [-0.4, -0.2) is 42.0 Å². The molecule has 4 heteroatoms. The first-order chi connectivity index (χ1) is 11.1. The number of nitrogens with one attached hydrogen (secondary N) is 1. The molecule has 0 radical (unpaired) electrons. The fourth-order valence-corrected chi connectivity index (χ4v) is 3.99. The van der Waals surface area contributed by atoms with Crippen LogP contribution in [0.1, 0.15) is 58.3 Å². The Morgan fingerprint density at radius 3 is 2.74 bits per heavy atom. The summed E-state index contributed by atoms with van der Waals surface area (Å²) in [4.78, 5) is 15.2. The van der Waals surface area contributed by atoms with Crippen molar-refractivity contribution >= 4 is 5.91 Å². The van der Waals surface area contributed by atoms with Gasteiger partial charge in [0.1, 0.15) is 0 Å². The molecule has 1 fully saturated rings. The van der Waals surface area contributed by atoms with Gasteiger partial charge in [-0.1, -0.05) is 23.3 Å². The van der Waals surface area contributed by atoms with E-state index in [0.717, 1.165) is 64.5 Å². The summed E-state index contributed by atoms with van der Waals surface area (Å²) in [6.45, 7) is 3.98. The molecule has 0 unspecified atom stereocenters. The van der Waals surface area contributed by atoms with Gasteiger partial charge < -0.3 is 16.0 Å². The topological polar surface area (TPSA) is 58.4 Å². The van der Waals surface area contributed by atoms with Gasteiger partial charge in [-0.3, -0.25) is 4.79 Å². The quantitative estimate of drug-likeness (QED) is 0.783. The molecule has 0 aromatic rings. The fourth-order valence-electron chi connectivity index (χ4n) is 3.99. The van der Waals surface area contributed by atoms with Crippen molar-refractivity contribution in [3.63, 3.8) is 0 Å². The van der Waals surface area contributed by atoms with Crippen molar-refractivity contribution in [2.45, 2.75) is 76.4 Å². The molecule has 1 heterocycles. The molecule has 3 aliphatic rings. The van der Waals surface area contributed by atoms with E-state index in [2.05, 4.69) is 29.3 Å². The smallest absolute Gasteiger partial charge is 0.240 e. The summed E-state index contributed by atoms with van der Waals surface area (Å²) in [5.41, 5.74) is 8.88. The Bertz CT molecular complexity index is 491. The van der Waals surface area contributed by atoms with E-state index in [9.17, 15) is 4.79 Å². The molecule has 0 bridgehead atoms. The molecule has 3 N–H and O–H groups in total. The van der Waals surface area contributed by atoms with Crippen LogP contribution in [0.4, 0.5) is 0 Å². The number of nitrogens with two attached hydrogens (primary N) is 1. The van der Waals surface area contributed by atoms with Gasteiger partial charge >= 0.3 is 0 Å². The Balaban J connectivity index is 1.71. The molecule has 1 amide bonds. The zero-order valence-electron chi connectivity index (χ0n) is 14.4. The van der Waals surface area contributed by atoms with Crippen molar-refractivity contribution < 1.29 is 4.79 Å². The van der Waals surface area contributed by atoms with Gasteiger partial charge in [0.25, 0.3) is 0 Å². The summed E-state index contributed by atoms with van der Waals surface area (Å²) >= 11 is 0. The summed E-state index contributed by atoms with van der Waals surface area (Å²) in [5.74, 6) is 0.316. The standard InChI is InChI=1S/C19H31N3O/c1-14-4-10-17(11-5-14)22(19(23)18-3-2-12-21-18)13-15-6-8-16(20)9-7-15/h4,6,16-18,21H,2-3,5,7-13,20H2,1H3/t16-,17-,18-/m0/s1. The highest BCUT2D eigenvalue weighted by molar-refractivity contribution is 5.82. The van der Waals surface area contributed by atoms with Crippen molar-refractivity contribution in [2.24, 2.45) is 5.73 Å². The highest BCUT2D eigenvalue weighted by Crippen LogP contribution is 2.26. The van der Waals surface area contributed by atoms with Crippen LogP contribution in [0.25, 0.3) is 0 Å². The summed E-state index contributed by atoms with van der Waals surface area (Å²) in [7, 11) is 0. The van der Waals surface area contributed by atoms with Crippen LogP contribution in [0.5, 0.6) is 0 Å². The van der Waals surface area contributed by atoms with Gasteiger partial charge in [-0.05, 0) is 64.8 Å². The zero-order valence-corrected chi connectivity index (χ0v) is 14.4. The van der Waals surface area contributed by atoms with Crippen molar-refractivity contribution in [3.8, 4) is 0 Å². The summed E-state index contributed by atoms with van der Waals surface area (Å²) in [6.07, 6.45) is 13.0. The SMILES string of the molecule is CC1=CC[C@H](N(CC2=CC[C@H](N)CC2)C(=O)[C@@H]2CCCN2)CC1. The second-order valence-electron chi connectivity index (χ2n) is 7.49. The third kappa shape index (κ3) is 4.24. The monoisotopic (exact) mass is 317 g/mol. The van der Waals surface area contributed by atoms with Gasteiger partial charge in [-0.2, -0.15) is 0 Å². The van der Waals surface area contributed by atoms with E-state index in [1.807, 2.05) is 0 Å². The normalized spacial score (nSPS) is 31.5. The molecule has 4 nitrogen and oxygen atoms in total. The Morgan fingerprint density at radius 2 is 2.13 bits per heavy atom. The zero-order chi connectivity index (χ0) is 16.2. The maximum atomic E-state index is 13.1. The lowest BCUT2D eigenvalue weighted by molar-refractivity contribution is -0.135. The lowest BCUT2D eigenvalue weighted by atomic mass is 9.91. The molecule has 3 atom stereocenters. The Labute approximate surface area is 140 Å². The van der Waals surface area contributed by atoms with E-state index in [-0.39, 0.29) is 6.04 Å². The summed E-state index contributed by atoms with van der Waals surface area (Å²) in [6, 6.07) is 0.707. The van der Waals surface area contributed by atoms with E-state index < -0.39 is 0 Å². The highest BCUT2D eigenvalue weighted by Gasteiger charge is 2.32. The van der Waals surface area contributed by atoms with Crippen molar-refractivity contribution in [3.05, 3.63) is 23.3 Å². The molecule has 0 saturated carbocycles. The van der Waals surface area contributed by atoms with Crippen molar-refractivity contribution in [1.82, 2.24) is 10.2 Å². The third-order valence-electron chi connectivity index (χ3n) is 5.61.